The lowest BCUT2D eigenvalue weighted by molar-refractivity contribution is -0.123. The Balaban J connectivity index is 1.69. The van der Waals surface area contributed by atoms with Gasteiger partial charge in [0.25, 0.3) is 0 Å². The van der Waals surface area contributed by atoms with E-state index < -0.39 is 0 Å². The zero-order valence-corrected chi connectivity index (χ0v) is 10.2. The van der Waals surface area contributed by atoms with Crippen LogP contribution in [0.4, 0.5) is 0 Å². The van der Waals surface area contributed by atoms with Crippen molar-refractivity contribution >= 4 is 5.91 Å². The molecule has 2 N–H and O–H groups in total. The summed E-state index contributed by atoms with van der Waals surface area (Å²) >= 11 is 0. The molecule has 1 amide bonds. The molecule has 1 aromatic heterocycles. The summed E-state index contributed by atoms with van der Waals surface area (Å²) in [4.78, 5) is 11.8. The summed E-state index contributed by atoms with van der Waals surface area (Å²) in [5.41, 5.74) is 0. The second-order valence-corrected chi connectivity index (χ2v) is 4.68. The highest BCUT2D eigenvalue weighted by Gasteiger charge is 2.22. The monoisotopic (exact) mass is 236 g/mol. The van der Waals surface area contributed by atoms with Crippen LogP contribution in [0.25, 0.3) is 0 Å². The first-order valence-electron chi connectivity index (χ1n) is 6.32. The number of carbonyl (C=O) groups excluding carboxylic acids is 1. The van der Waals surface area contributed by atoms with E-state index in [0.29, 0.717) is 0 Å². The van der Waals surface area contributed by atoms with Crippen LogP contribution in [0.15, 0.2) is 22.8 Å². The van der Waals surface area contributed by atoms with Gasteiger partial charge in [0.1, 0.15) is 5.76 Å². The van der Waals surface area contributed by atoms with Crippen LogP contribution in [0, 0.1) is 0 Å². The van der Waals surface area contributed by atoms with Crippen LogP contribution in [-0.4, -0.2) is 24.5 Å². The van der Waals surface area contributed by atoms with E-state index in [1.54, 1.807) is 6.26 Å². The van der Waals surface area contributed by atoms with Crippen molar-refractivity contribution in [2.75, 3.05) is 6.54 Å². The van der Waals surface area contributed by atoms with Gasteiger partial charge in [0, 0.05) is 12.5 Å². The minimum absolute atomic E-state index is 0.0149. The summed E-state index contributed by atoms with van der Waals surface area (Å²) < 4.78 is 5.26. The van der Waals surface area contributed by atoms with Gasteiger partial charge in [-0.25, -0.2) is 0 Å². The molecule has 4 heteroatoms. The SMILES string of the molecule is CC(CCc1ccco1)NC(=O)[C@H]1CCCN1. The number of furan rings is 1. The highest BCUT2D eigenvalue weighted by atomic mass is 16.3. The van der Waals surface area contributed by atoms with Gasteiger partial charge in [-0.2, -0.15) is 0 Å². The number of amides is 1. The zero-order valence-electron chi connectivity index (χ0n) is 10.2. The molecule has 0 aliphatic carbocycles. The third kappa shape index (κ3) is 3.60. The molecule has 17 heavy (non-hydrogen) atoms. The third-order valence-corrected chi connectivity index (χ3v) is 3.17. The van der Waals surface area contributed by atoms with Gasteiger partial charge in [0.15, 0.2) is 0 Å². The summed E-state index contributed by atoms with van der Waals surface area (Å²) in [7, 11) is 0. The van der Waals surface area contributed by atoms with E-state index in [9.17, 15) is 4.79 Å². The molecule has 1 fully saturated rings. The lowest BCUT2D eigenvalue weighted by Crippen LogP contribution is -2.44. The first-order valence-corrected chi connectivity index (χ1v) is 6.32. The minimum atomic E-state index is 0.0149. The molecular formula is C13H20N2O2. The van der Waals surface area contributed by atoms with E-state index >= 15 is 0 Å². The Kier molecular flexibility index (Phi) is 4.20. The van der Waals surface area contributed by atoms with Crippen LogP contribution >= 0.6 is 0 Å². The smallest absolute Gasteiger partial charge is 0.237 e. The van der Waals surface area contributed by atoms with E-state index in [4.69, 9.17) is 4.42 Å². The maximum Gasteiger partial charge on any atom is 0.237 e. The molecule has 1 aliphatic rings. The molecule has 0 radical (unpaired) electrons. The fraction of sp³-hybridized carbons (Fsp3) is 0.615. The van der Waals surface area contributed by atoms with Crippen molar-refractivity contribution in [1.82, 2.24) is 10.6 Å². The molecular weight excluding hydrogens is 216 g/mol. The van der Waals surface area contributed by atoms with Crippen molar-refractivity contribution < 1.29 is 9.21 Å². The molecule has 0 saturated carbocycles. The predicted molar refractivity (Wildman–Crippen MR) is 65.7 cm³/mol. The van der Waals surface area contributed by atoms with E-state index in [2.05, 4.69) is 10.6 Å². The average Bonchev–Trinajstić information content (AvgIpc) is 2.99. The number of nitrogens with one attached hydrogen (secondary N) is 2. The van der Waals surface area contributed by atoms with E-state index in [0.717, 1.165) is 38.0 Å². The van der Waals surface area contributed by atoms with Crippen LogP contribution in [-0.2, 0) is 11.2 Å². The van der Waals surface area contributed by atoms with E-state index in [1.165, 1.54) is 0 Å². The van der Waals surface area contributed by atoms with Gasteiger partial charge < -0.3 is 15.1 Å². The Morgan fingerprint density at radius 2 is 2.59 bits per heavy atom. The normalized spacial score (nSPS) is 21.4. The maximum atomic E-state index is 11.8. The fourth-order valence-electron chi connectivity index (χ4n) is 2.14. The van der Waals surface area contributed by atoms with Crippen LogP contribution in [0.2, 0.25) is 0 Å². The van der Waals surface area contributed by atoms with Gasteiger partial charge in [-0.1, -0.05) is 0 Å². The van der Waals surface area contributed by atoms with Crippen molar-refractivity contribution in [3.8, 4) is 0 Å². The Labute approximate surface area is 102 Å². The molecule has 0 bridgehead atoms. The molecule has 1 aliphatic heterocycles. The fourth-order valence-corrected chi connectivity index (χ4v) is 2.14. The average molecular weight is 236 g/mol. The molecule has 94 valence electrons. The Hall–Kier alpha value is -1.29. The van der Waals surface area contributed by atoms with Crippen LogP contribution in [0.5, 0.6) is 0 Å². The van der Waals surface area contributed by atoms with Crippen molar-refractivity contribution in [3.63, 3.8) is 0 Å². The van der Waals surface area contributed by atoms with Crippen LogP contribution in [0.3, 0.4) is 0 Å². The van der Waals surface area contributed by atoms with Gasteiger partial charge in [-0.15, -0.1) is 0 Å². The van der Waals surface area contributed by atoms with Crippen molar-refractivity contribution in [2.24, 2.45) is 0 Å². The topological polar surface area (TPSA) is 54.3 Å². The molecule has 1 aromatic rings. The standard InChI is InChI=1S/C13H20N2O2/c1-10(6-7-11-4-3-9-17-11)15-13(16)12-5-2-8-14-12/h3-4,9-10,12,14H,2,5-8H2,1H3,(H,15,16)/t10?,12-/m1/s1. The molecule has 1 saturated heterocycles. The molecule has 2 atom stereocenters. The van der Waals surface area contributed by atoms with Crippen LogP contribution in [0.1, 0.15) is 31.9 Å². The van der Waals surface area contributed by atoms with Crippen molar-refractivity contribution in [1.29, 1.82) is 0 Å². The van der Waals surface area contributed by atoms with Gasteiger partial charge in [0.2, 0.25) is 5.91 Å². The second kappa shape index (κ2) is 5.87. The third-order valence-electron chi connectivity index (χ3n) is 3.17. The van der Waals surface area contributed by atoms with Crippen molar-refractivity contribution in [2.45, 2.75) is 44.7 Å². The van der Waals surface area contributed by atoms with E-state index in [-0.39, 0.29) is 18.0 Å². The maximum absolute atomic E-state index is 11.8. The molecule has 1 unspecified atom stereocenters. The zero-order chi connectivity index (χ0) is 12.1. The van der Waals surface area contributed by atoms with Gasteiger partial charge in [-0.05, 0) is 44.9 Å². The minimum Gasteiger partial charge on any atom is -0.469 e. The summed E-state index contributed by atoms with van der Waals surface area (Å²) in [6.07, 6.45) is 5.51. The number of hydrogen-bond acceptors (Lipinski definition) is 3. The number of aryl methyl sites for hydroxylation is 1. The molecule has 0 spiro atoms. The highest BCUT2D eigenvalue weighted by Crippen LogP contribution is 2.08. The summed E-state index contributed by atoms with van der Waals surface area (Å²) in [5.74, 6) is 1.11. The quantitative estimate of drug-likeness (QED) is 0.814. The molecule has 0 aromatic carbocycles. The van der Waals surface area contributed by atoms with Gasteiger partial charge >= 0.3 is 0 Å². The first kappa shape index (κ1) is 12.2. The Morgan fingerprint density at radius 3 is 3.24 bits per heavy atom. The van der Waals surface area contributed by atoms with Crippen molar-refractivity contribution in [3.05, 3.63) is 24.2 Å². The predicted octanol–water partition coefficient (Wildman–Crippen LogP) is 1.47. The number of hydrogen-bond donors (Lipinski definition) is 2. The number of carbonyl (C=O) groups is 1. The lowest BCUT2D eigenvalue weighted by atomic mass is 10.1. The summed E-state index contributed by atoms with van der Waals surface area (Å²) in [6, 6.07) is 4.06. The first-order chi connectivity index (χ1) is 8.25. The van der Waals surface area contributed by atoms with Crippen LogP contribution < -0.4 is 10.6 Å². The van der Waals surface area contributed by atoms with E-state index in [1.807, 2.05) is 19.1 Å². The summed E-state index contributed by atoms with van der Waals surface area (Å²) in [6.45, 7) is 2.99. The Morgan fingerprint density at radius 1 is 1.71 bits per heavy atom. The largest absolute Gasteiger partial charge is 0.469 e. The molecule has 2 rings (SSSR count). The molecule has 2 heterocycles. The Bertz CT molecular complexity index is 342. The van der Waals surface area contributed by atoms with Gasteiger partial charge in [-0.3, -0.25) is 4.79 Å². The number of rotatable bonds is 5. The highest BCUT2D eigenvalue weighted by molar-refractivity contribution is 5.82. The second-order valence-electron chi connectivity index (χ2n) is 4.68. The summed E-state index contributed by atoms with van der Waals surface area (Å²) in [5, 5.41) is 6.24. The molecule has 4 nitrogen and oxygen atoms in total. The lowest BCUT2D eigenvalue weighted by Gasteiger charge is -2.16. The van der Waals surface area contributed by atoms with Gasteiger partial charge in [0.05, 0.1) is 12.3 Å².